The van der Waals surface area contributed by atoms with Gasteiger partial charge in [0.05, 0.1) is 5.52 Å². The minimum absolute atomic E-state index is 0.114. The monoisotopic (exact) mass is 242 g/mol. The molecule has 2 heteroatoms. The highest BCUT2D eigenvalue weighted by atomic mass is 14.7. The number of fused-ring (bicyclic) bond motifs is 1. The standard InChI is InChI=1S/C16H22N2/c1-3-12(4-2)11-15(17)13-9-10-18-16-8-6-5-7-14(13)16/h5-10,12,15H,3-4,11,17H2,1-2H3. The highest BCUT2D eigenvalue weighted by molar-refractivity contribution is 5.82. The Kier molecular flexibility index (Phi) is 4.32. The number of nitrogens with zero attached hydrogens (tertiary/aromatic N) is 1. The number of para-hydroxylation sites is 1. The second-order valence-corrected chi connectivity index (χ2v) is 4.94. The minimum atomic E-state index is 0.114. The van der Waals surface area contributed by atoms with E-state index in [2.05, 4.69) is 37.0 Å². The highest BCUT2D eigenvalue weighted by Gasteiger charge is 2.14. The molecule has 2 aromatic rings. The Morgan fingerprint density at radius 3 is 2.56 bits per heavy atom. The Morgan fingerprint density at radius 2 is 1.83 bits per heavy atom. The summed E-state index contributed by atoms with van der Waals surface area (Å²) in [5, 5.41) is 1.19. The van der Waals surface area contributed by atoms with Crippen molar-refractivity contribution >= 4 is 10.9 Å². The molecule has 96 valence electrons. The molecule has 0 saturated carbocycles. The molecule has 0 radical (unpaired) electrons. The highest BCUT2D eigenvalue weighted by Crippen LogP contribution is 2.27. The molecule has 0 amide bonds. The van der Waals surface area contributed by atoms with Gasteiger partial charge in [0.1, 0.15) is 0 Å². The molecule has 0 fully saturated rings. The van der Waals surface area contributed by atoms with Crippen LogP contribution in [0.5, 0.6) is 0 Å². The van der Waals surface area contributed by atoms with Gasteiger partial charge in [0.15, 0.2) is 0 Å². The van der Waals surface area contributed by atoms with Crippen LogP contribution in [0.2, 0.25) is 0 Å². The van der Waals surface area contributed by atoms with Crippen LogP contribution in [-0.4, -0.2) is 4.98 Å². The molecule has 1 aromatic carbocycles. The van der Waals surface area contributed by atoms with Gasteiger partial charge in [0.25, 0.3) is 0 Å². The molecule has 0 aliphatic rings. The van der Waals surface area contributed by atoms with Crippen molar-refractivity contribution < 1.29 is 0 Å². The Balaban J connectivity index is 2.30. The van der Waals surface area contributed by atoms with E-state index in [1.807, 2.05) is 18.3 Å². The molecule has 2 nitrogen and oxygen atoms in total. The van der Waals surface area contributed by atoms with Gasteiger partial charge in [-0.05, 0) is 30.0 Å². The molecule has 2 rings (SSSR count). The maximum Gasteiger partial charge on any atom is 0.0705 e. The summed E-state index contributed by atoms with van der Waals surface area (Å²) in [5.74, 6) is 0.715. The van der Waals surface area contributed by atoms with Gasteiger partial charge in [-0.15, -0.1) is 0 Å². The van der Waals surface area contributed by atoms with Crippen LogP contribution in [0.4, 0.5) is 0 Å². The number of hydrogen-bond donors (Lipinski definition) is 1. The molecule has 2 N–H and O–H groups in total. The maximum absolute atomic E-state index is 6.39. The lowest BCUT2D eigenvalue weighted by molar-refractivity contribution is 0.415. The summed E-state index contributed by atoms with van der Waals surface area (Å²) >= 11 is 0. The largest absolute Gasteiger partial charge is 0.324 e. The fraction of sp³-hybridized carbons (Fsp3) is 0.438. The normalized spacial score (nSPS) is 13.1. The third-order valence-electron chi connectivity index (χ3n) is 3.82. The van der Waals surface area contributed by atoms with Crippen LogP contribution >= 0.6 is 0 Å². The van der Waals surface area contributed by atoms with Crippen molar-refractivity contribution in [3.63, 3.8) is 0 Å². The summed E-state index contributed by atoms with van der Waals surface area (Å²) in [6.07, 6.45) is 5.33. The van der Waals surface area contributed by atoms with E-state index in [4.69, 9.17) is 5.73 Å². The van der Waals surface area contributed by atoms with Gasteiger partial charge in [-0.25, -0.2) is 0 Å². The van der Waals surface area contributed by atoms with Crippen LogP contribution in [0, 0.1) is 5.92 Å². The molecule has 0 bridgehead atoms. The summed E-state index contributed by atoms with van der Waals surface area (Å²) in [6.45, 7) is 4.48. The fourth-order valence-electron chi connectivity index (χ4n) is 2.55. The predicted molar refractivity (Wildman–Crippen MR) is 77.4 cm³/mol. The van der Waals surface area contributed by atoms with E-state index in [1.54, 1.807) is 0 Å². The summed E-state index contributed by atoms with van der Waals surface area (Å²) in [4.78, 5) is 4.39. The summed E-state index contributed by atoms with van der Waals surface area (Å²) in [7, 11) is 0. The van der Waals surface area contributed by atoms with Crippen LogP contribution < -0.4 is 5.73 Å². The van der Waals surface area contributed by atoms with Crippen LogP contribution in [-0.2, 0) is 0 Å². The first-order chi connectivity index (χ1) is 8.76. The number of pyridine rings is 1. The zero-order chi connectivity index (χ0) is 13.0. The summed E-state index contributed by atoms with van der Waals surface area (Å²) in [6, 6.07) is 10.4. The third-order valence-corrected chi connectivity index (χ3v) is 3.82. The number of nitrogens with two attached hydrogens (primary N) is 1. The topological polar surface area (TPSA) is 38.9 Å². The SMILES string of the molecule is CCC(CC)CC(N)c1ccnc2ccccc12. The van der Waals surface area contributed by atoms with Crippen molar-refractivity contribution in [2.24, 2.45) is 11.7 Å². The number of benzene rings is 1. The average molecular weight is 242 g/mol. The van der Waals surface area contributed by atoms with E-state index in [0.29, 0.717) is 5.92 Å². The van der Waals surface area contributed by atoms with Crippen molar-refractivity contribution in [2.45, 2.75) is 39.2 Å². The zero-order valence-corrected chi connectivity index (χ0v) is 11.3. The van der Waals surface area contributed by atoms with Crippen LogP contribution in [0.1, 0.15) is 44.7 Å². The van der Waals surface area contributed by atoms with E-state index in [-0.39, 0.29) is 6.04 Å². The van der Waals surface area contributed by atoms with Gasteiger partial charge in [-0.1, -0.05) is 44.9 Å². The predicted octanol–water partition coefficient (Wildman–Crippen LogP) is 4.06. The second-order valence-electron chi connectivity index (χ2n) is 4.94. The summed E-state index contributed by atoms with van der Waals surface area (Å²) in [5.41, 5.74) is 8.65. The number of rotatable bonds is 5. The minimum Gasteiger partial charge on any atom is -0.324 e. The fourth-order valence-corrected chi connectivity index (χ4v) is 2.55. The van der Waals surface area contributed by atoms with Crippen LogP contribution in [0.3, 0.4) is 0 Å². The first-order valence-corrected chi connectivity index (χ1v) is 6.85. The summed E-state index contributed by atoms with van der Waals surface area (Å²) < 4.78 is 0. The van der Waals surface area contributed by atoms with E-state index in [9.17, 15) is 0 Å². The molecule has 0 spiro atoms. The average Bonchev–Trinajstić information content (AvgIpc) is 2.43. The van der Waals surface area contributed by atoms with Crippen molar-refractivity contribution in [1.29, 1.82) is 0 Å². The van der Waals surface area contributed by atoms with Crippen LogP contribution in [0.25, 0.3) is 10.9 Å². The molecule has 1 atom stereocenters. The quantitative estimate of drug-likeness (QED) is 0.858. The molecule has 0 aliphatic carbocycles. The van der Waals surface area contributed by atoms with Crippen molar-refractivity contribution in [3.8, 4) is 0 Å². The Hall–Kier alpha value is -1.41. The van der Waals surface area contributed by atoms with E-state index >= 15 is 0 Å². The van der Waals surface area contributed by atoms with Crippen LogP contribution in [0.15, 0.2) is 36.5 Å². The van der Waals surface area contributed by atoms with Gasteiger partial charge in [-0.2, -0.15) is 0 Å². The molecule has 0 saturated heterocycles. The first-order valence-electron chi connectivity index (χ1n) is 6.85. The second kappa shape index (κ2) is 5.96. The van der Waals surface area contributed by atoms with Gasteiger partial charge in [-0.3, -0.25) is 4.98 Å². The Bertz CT molecular complexity index is 498. The van der Waals surface area contributed by atoms with Crippen molar-refractivity contribution in [3.05, 3.63) is 42.1 Å². The van der Waals surface area contributed by atoms with E-state index < -0.39 is 0 Å². The third kappa shape index (κ3) is 2.70. The maximum atomic E-state index is 6.39. The lowest BCUT2D eigenvalue weighted by Crippen LogP contribution is -2.15. The number of hydrogen-bond acceptors (Lipinski definition) is 2. The first kappa shape index (κ1) is 13.0. The number of aromatic nitrogens is 1. The molecule has 1 aromatic heterocycles. The van der Waals surface area contributed by atoms with Gasteiger partial charge >= 0.3 is 0 Å². The van der Waals surface area contributed by atoms with Crippen molar-refractivity contribution in [1.82, 2.24) is 4.98 Å². The lowest BCUT2D eigenvalue weighted by atomic mass is 9.90. The molecule has 1 heterocycles. The molecular weight excluding hydrogens is 220 g/mol. The van der Waals surface area contributed by atoms with Crippen molar-refractivity contribution in [2.75, 3.05) is 0 Å². The zero-order valence-electron chi connectivity index (χ0n) is 11.3. The molecule has 0 aliphatic heterocycles. The van der Waals surface area contributed by atoms with Gasteiger partial charge < -0.3 is 5.73 Å². The molecular formula is C16H22N2. The van der Waals surface area contributed by atoms with Gasteiger partial charge in [0.2, 0.25) is 0 Å². The Morgan fingerprint density at radius 1 is 1.11 bits per heavy atom. The van der Waals surface area contributed by atoms with Gasteiger partial charge in [0, 0.05) is 17.6 Å². The molecule has 18 heavy (non-hydrogen) atoms. The lowest BCUT2D eigenvalue weighted by Gasteiger charge is -2.19. The van der Waals surface area contributed by atoms with E-state index in [1.165, 1.54) is 23.8 Å². The van der Waals surface area contributed by atoms with E-state index in [0.717, 1.165) is 11.9 Å². The Labute approximate surface area is 109 Å². The molecule has 1 unspecified atom stereocenters. The smallest absolute Gasteiger partial charge is 0.0705 e.